The van der Waals surface area contributed by atoms with E-state index in [0.717, 1.165) is 5.56 Å². The van der Waals surface area contributed by atoms with E-state index in [-0.39, 0.29) is 12.0 Å². The van der Waals surface area contributed by atoms with E-state index in [0.29, 0.717) is 32.4 Å². The lowest BCUT2D eigenvalue weighted by Gasteiger charge is -2.09. The Labute approximate surface area is 181 Å². The number of benzene rings is 3. The summed E-state index contributed by atoms with van der Waals surface area (Å²) in [5, 5.41) is 1.81. The average Bonchev–Trinajstić information content (AvgIpc) is 2.72. The third-order valence-electron chi connectivity index (χ3n) is 3.74. The molecule has 0 unspecified atom stereocenters. The molecule has 1 heterocycles. The van der Waals surface area contributed by atoms with Crippen LogP contribution in [0, 0.1) is 0 Å². The lowest BCUT2D eigenvalue weighted by Crippen LogP contribution is -2.01. The fourth-order valence-electron chi connectivity index (χ4n) is 2.37. The lowest BCUT2D eigenvalue weighted by molar-refractivity contribution is 0.398. The van der Waals surface area contributed by atoms with E-state index < -0.39 is 0 Å². The van der Waals surface area contributed by atoms with Crippen LogP contribution >= 0.6 is 34.8 Å². The molecule has 0 atom stereocenters. The smallest absolute Gasteiger partial charge is 0.328 e. The molecule has 29 heavy (non-hydrogen) atoms. The summed E-state index contributed by atoms with van der Waals surface area (Å²) in [4.78, 5) is 13.0. The molecule has 3 aromatic carbocycles. The van der Waals surface area contributed by atoms with Gasteiger partial charge in [-0.05, 0) is 72.8 Å². The quantitative estimate of drug-likeness (QED) is 0.329. The first-order chi connectivity index (χ1) is 14.0. The van der Waals surface area contributed by atoms with Gasteiger partial charge in [-0.15, -0.1) is 4.98 Å². The van der Waals surface area contributed by atoms with Gasteiger partial charge in [0.15, 0.2) is 5.82 Å². The summed E-state index contributed by atoms with van der Waals surface area (Å²) in [7, 11) is 0. The molecule has 0 bridgehead atoms. The Hall–Kier alpha value is -2.86. The van der Waals surface area contributed by atoms with E-state index in [2.05, 4.69) is 15.0 Å². The number of ether oxygens (including phenoxy) is 2. The maximum absolute atomic E-state index is 5.98. The van der Waals surface area contributed by atoms with Crippen LogP contribution in [0.25, 0.3) is 11.4 Å². The molecule has 0 saturated heterocycles. The molecule has 0 aliphatic carbocycles. The molecular weight excluding hydrogens is 433 g/mol. The van der Waals surface area contributed by atoms with Crippen LogP contribution in [0.4, 0.5) is 0 Å². The van der Waals surface area contributed by atoms with Gasteiger partial charge in [-0.3, -0.25) is 0 Å². The molecule has 1 aromatic heterocycles. The number of hydrogen-bond acceptors (Lipinski definition) is 5. The second kappa shape index (κ2) is 8.66. The highest BCUT2D eigenvalue weighted by Gasteiger charge is 2.13. The molecule has 5 nitrogen and oxygen atoms in total. The number of aromatic nitrogens is 3. The highest BCUT2D eigenvalue weighted by molar-refractivity contribution is 6.31. The summed E-state index contributed by atoms with van der Waals surface area (Å²) in [6.45, 7) is 0. The van der Waals surface area contributed by atoms with E-state index in [9.17, 15) is 0 Å². The lowest BCUT2D eigenvalue weighted by atomic mass is 10.2. The summed E-state index contributed by atoms with van der Waals surface area (Å²) in [6, 6.07) is 21.0. The zero-order chi connectivity index (χ0) is 20.2. The summed E-state index contributed by atoms with van der Waals surface area (Å²) in [5.41, 5.74) is 0.735. The molecule has 144 valence electrons. The minimum Gasteiger partial charge on any atom is -0.424 e. The van der Waals surface area contributed by atoms with Crippen molar-refractivity contribution in [1.82, 2.24) is 15.0 Å². The van der Waals surface area contributed by atoms with Gasteiger partial charge < -0.3 is 9.47 Å². The van der Waals surface area contributed by atoms with Crippen LogP contribution in [-0.2, 0) is 0 Å². The van der Waals surface area contributed by atoms with Crippen molar-refractivity contribution in [3.8, 4) is 34.9 Å². The molecule has 0 aliphatic heterocycles. The van der Waals surface area contributed by atoms with E-state index >= 15 is 0 Å². The molecule has 0 saturated carbocycles. The fraction of sp³-hybridized carbons (Fsp3) is 0. The Morgan fingerprint density at radius 1 is 0.483 bits per heavy atom. The van der Waals surface area contributed by atoms with Crippen molar-refractivity contribution in [3.05, 3.63) is 87.9 Å². The normalized spacial score (nSPS) is 10.6. The van der Waals surface area contributed by atoms with Gasteiger partial charge in [0, 0.05) is 20.6 Å². The minimum absolute atomic E-state index is 0.0798. The van der Waals surface area contributed by atoms with Crippen molar-refractivity contribution in [3.63, 3.8) is 0 Å². The van der Waals surface area contributed by atoms with Gasteiger partial charge in [-0.25, -0.2) is 0 Å². The highest BCUT2D eigenvalue weighted by Crippen LogP contribution is 2.27. The Morgan fingerprint density at radius 2 is 0.862 bits per heavy atom. The third kappa shape index (κ3) is 5.15. The van der Waals surface area contributed by atoms with E-state index in [1.807, 2.05) is 0 Å². The van der Waals surface area contributed by atoms with Crippen molar-refractivity contribution in [2.75, 3.05) is 0 Å². The summed E-state index contributed by atoms with van der Waals surface area (Å²) in [6.07, 6.45) is 0. The first kappa shape index (κ1) is 19.5. The van der Waals surface area contributed by atoms with E-state index in [1.165, 1.54) is 0 Å². The molecular formula is C21H12Cl3N3O2. The molecule has 0 radical (unpaired) electrons. The van der Waals surface area contributed by atoms with E-state index in [4.69, 9.17) is 44.3 Å². The first-order valence-corrected chi connectivity index (χ1v) is 9.57. The maximum Gasteiger partial charge on any atom is 0.328 e. The van der Waals surface area contributed by atoms with Crippen LogP contribution in [0.15, 0.2) is 72.8 Å². The topological polar surface area (TPSA) is 57.1 Å². The molecule has 4 rings (SSSR count). The maximum atomic E-state index is 5.98. The van der Waals surface area contributed by atoms with Crippen molar-refractivity contribution in [2.24, 2.45) is 0 Å². The van der Waals surface area contributed by atoms with Crippen LogP contribution in [0.5, 0.6) is 23.5 Å². The summed E-state index contributed by atoms with van der Waals surface area (Å²) >= 11 is 17.8. The Bertz CT molecular complexity index is 1050. The molecule has 0 aliphatic rings. The largest absolute Gasteiger partial charge is 0.424 e. The second-order valence-corrected chi connectivity index (χ2v) is 7.15. The zero-order valence-electron chi connectivity index (χ0n) is 14.7. The molecule has 0 amide bonds. The monoisotopic (exact) mass is 443 g/mol. The SMILES string of the molecule is Clc1ccc(Oc2nc(Oc3ccc(Cl)cc3)nc(-c3ccc(Cl)cc3)n2)cc1. The van der Waals surface area contributed by atoms with Gasteiger partial charge in [0.2, 0.25) is 0 Å². The van der Waals surface area contributed by atoms with Crippen LogP contribution in [0.3, 0.4) is 0 Å². The number of nitrogens with zero attached hydrogens (tertiary/aromatic N) is 3. The summed E-state index contributed by atoms with van der Waals surface area (Å²) in [5.74, 6) is 1.43. The number of hydrogen-bond donors (Lipinski definition) is 0. The second-order valence-electron chi connectivity index (χ2n) is 5.84. The molecule has 8 heteroatoms. The van der Waals surface area contributed by atoms with Crippen LogP contribution in [0.2, 0.25) is 15.1 Å². The van der Waals surface area contributed by atoms with Crippen LogP contribution in [-0.4, -0.2) is 15.0 Å². The standard InChI is InChI=1S/C21H12Cl3N3O2/c22-14-3-1-13(2-4-14)19-25-20(28-17-9-5-15(23)6-10-17)27-21(26-19)29-18-11-7-16(24)8-12-18/h1-12H. The molecule has 4 aromatic rings. The predicted molar refractivity (Wildman–Crippen MR) is 113 cm³/mol. The van der Waals surface area contributed by atoms with Crippen LogP contribution in [0.1, 0.15) is 0 Å². The molecule has 0 spiro atoms. The fourth-order valence-corrected chi connectivity index (χ4v) is 2.75. The first-order valence-electron chi connectivity index (χ1n) is 8.44. The third-order valence-corrected chi connectivity index (χ3v) is 4.50. The Balaban J connectivity index is 1.70. The molecule has 0 N–H and O–H groups in total. The van der Waals surface area contributed by atoms with Crippen molar-refractivity contribution >= 4 is 34.8 Å². The van der Waals surface area contributed by atoms with Gasteiger partial charge in [-0.2, -0.15) is 9.97 Å². The van der Waals surface area contributed by atoms with Gasteiger partial charge in [-0.1, -0.05) is 34.8 Å². The minimum atomic E-state index is 0.0798. The van der Waals surface area contributed by atoms with Gasteiger partial charge >= 0.3 is 12.0 Å². The van der Waals surface area contributed by atoms with Crippen molar-refractivity contribution in [2.45, 2.75) is 0 Å². The van der Waals surface area contributed by atoms with E-state index in [1.54, 1.807) is 72.8 Å². The highest BCUT2D eigenvalue weighted by atomic mass is 35.5. The van der Waals surface area contributed by atoms with Gasteiger partial charge in [0.1, 0.15) is 11.5 Å². The number of rotatable bonds is 5. The van der Waals surface area contributed by atoms with Gasteiger partial charge in [0.25, 0.3) is 0 Å². The summed E-state index contributed by atoms with van der Waals surface area (Å²) < 4.78 is 11.5. The van der Waals surface area contributed by atoms with Crippen molar-refractivity contribution in [1.29, 1.82) is 0 Å². The van der Waals surface area contributed by atoms with Gasteiger partial charge in [0.05, 0.1) is 0 Å². The predicted octanol–water partition coefficient (Wildman–Crippen LogP) is 7.08. The van der Waals surface area contributed by atoms with Crippen molar-refractivity contribution < 1.29 is 9.47 Å². The average molecular weight is 445 g/mol. The Morgan fingerprint density at radius 3 is 1.28 bits per heavy atom. The molecule has 0 fully saturated rings. The zero-order valence-corrected chi connectivity index (χ0v) is 17.0. The van der Waals surface area contributed by atoms with Crippen LogP contribution < -0.4 is 9.47 Å². The Kier molecular flexibility index (Phi) is 5.81. The number of halogens is 3.